The van der Waals surface area contributed by atoms with E-state index in [4.69, 9.17) is 4.74 Å². The molecular formula is C13H19N3O2S. The molecule has 0 fully saturated rings. The summed E-state index contributed by atoms with van der Waals surface area (Å²) >= 11 is 1.54. The van der Waals surface area contributed by atoms with Gasteiger partial charge in [0.15, 0.2) is 4.96 Å². The molecule has 0 aromatic carbocycles. The average Bonchev–Trinajstić information content (AvgIpc) is 2.91. The Balaban J connectivity index is 1.82. The minimum atomic E-state index is -0.125. The quantitative estimate of drug-likeness (QED) is 0.826. The van der Waals surface area contributed by atoms with Gasteiger partial charge in [-0.25, -0.2) is 4.98 Å². The lowest BCUT2D eigenvalue weighted by atomic mass is 10.4. The first-order valence-electron chi connectivity index (χ1n) is 6.41. The van der Waals surface area contributed by atoms with Gasteiger partial charge in [0.2, 0.25) is 0 Å². The molecule has 0 saturated carbocycles. The Labute approximate surface area is 116 Å². The zero-order chi connectivity index (χ0) is 13.8. The SMILES string of the molecule is Cc1csc2nc(C(=O)NCCCOC(C)C)cn12. The van der Waals surface area contributed by atoms with E-state index in [0.717, 1.165) is 17.1 Å². The molecule has 19 heavy (non-hydrogen) atoms. The van der Waals surface area contributed by atoms with Crippen molar-refractivity contribution in [2.24, 2.45) is 0 Å². The molecule has 2 aromatic heterocycles. The lowest BCUT2D eigenvalue weighted by molar-refractivity contribution is 0.0756. The number of ether oxygens (including phenoxy) is 1. The standard InChI is InChI=1S/C13H19N3O2S/c1-9(2)18-6-4-5-14-12(17)11-7-16-10(3)8-19-13(16)15-11/h7-9H,4-6H2,1-3H3,(H,14,17). The lowest BCUT2D eigenvalue weighted by Crippen LogP contribution is -2.25. The van der Waals surface area contributed by atoms with Gasteiger partial charge in [0.1, 0.15) is 5.69 Å². The normalized spacial score (nSPS) is 11.4. The van der Waals surface area contributed by atoms with Crippen molar-refractivity contribution >= 4 is 22.2 Å². The van der Waals surface area contributed by atoms with Crippen LogP contribution in [0.3, 0.4) is 0 Å². The van der Waals surface area contributed by atoms with Crippen LogP contribution >= 0.6 is 11.3 Å². The van der Waals surface area contributed by atoms with Gasteiger partial charge >= 0.3 is 0 Å². The first-order valence-corrected chi connectivity index (χ1v) is 7.29. The van der Waals surface area contributed by atoms with E-state index in [9.17, 15) is 4.79 Å². The van der Waals surface area contributed by atoms with Gasteiger partial charge in [0.25, 0.3) is 5.91 Å². The smallest absolute Gasteiger partial charge is 0.271 e. The van der Waals surface area contributed by atoms with Crippen LogP contribution in [-0.2, 0) is 4.74 Å². The van der Waals surface area contributed by atoms with Crippen molar-refractivity contribution in [3.8, 4) is 0 Å². The number of hydrogen-bond donors (Lipinski definition) is 1. The monoisotopic (exact) mass is 281 g/mol. The third-order valence-electron chi connectivity index (χ3n) is 2.68. The maximum absolute atomic E-state index is 11.9. The highest BCUT2D eigenvalue weighted by molar-refractivity contribution is 7.15. The van der Waals surface area contributed by atoms with Gasteiger partial charge in [-0.1, -0.05) is 0 Å². The highest BCUT2D eigenvalue weighted by Crippen LogP contribution is 2.15. The Morgan fingerprint density at radius 1 is 1.58 bits per heavy atom. The molecule has 0 aliphatic carbocycles. The van der Waals surface area contributed by atoms with E-state index < -0.39 is 0 Å². The van der Waals surface area contributed by atoms with E-state index >= 15 is 0 Å². The first-order chi connectivity index (χ1) is 9.08. The van der Waals surface area contributed by atoms with Crippen LogP contribution in [0.25, 0.3) is 4.96 Å². The van der Waals surface area contributed by atoms with Crippen molar-refractivity contribution in [3.63, 3.8) is 0 Å². The number of imidazole rings is 1. The fraction of sp³-hybridized carbons (Fsp3) is 0.538. The number of amides is 1. The zero-order valence-corrected chi connectivity index (χ0v) is 12.3. The number of carbonyl (C=O) groups is 1. The maximum atomic E-state index is 11.9. The van der Waals surface area contributed by atoms with Gasteiger partial charge in [0.05, 0.1) is 6.10 Å². The van der Waals surface area contributed by atoms with E-state index in [1.54, 1.807) is 6.20 Å². The number of hydrogen-bond acceptors (Lipinski definition) is 4. The van der Waals surface area contributed by atoms with Crippen LogP contribution in [0.1, 0.15) is 36.5 Å². The molecule has 0 spiro atoms. The van der Waals surface area contributed by atoms with Crippen molar-refractivity contribution in [1.82, 2.24) is 14.7 Å². The number of thiazole rings is 1. The van der Waals surface area contributed by atoms with Crippen molar-refractivity contribution in [2.45, 2.75) is 33.3 Å². The minimum absolute atomic E-state index is 0.125. The Bertz CT molecular complexity index is 559. The minimum Gasteiger partial charge on any atom is -0.379 e. The number of rotatable bonds is 6. The average molecular weight is 281 g/mol. The molecule has 2 heterocycles. The summed E-state index contributed by atoms with van der Waals surface area (Å²) in [6.07, 6.45) is 2.82. The Morgan fingerprint density at radius 3 is 3.05 bits per heavy atom. The molecule has 0 saturated heterocycles. The maximum Gasteiger partial charge on any atom is 0.271 e. The second-order valence-corrected chi connectivity index (χ2v) is 5.52. The number of nitrogens with one attached hydrogen (secondary N) is 1. The van der Waals surface area contributed by atoms with Gasteiger partial charge in [-0.05, 0) is 27.2 Å². The van der Waals surface area contributed by atoms with Crippen LogP contribution in [0.4, 0.5) is 0 Å². The van der Waals surface area contributed by atoms with Gasteiger partial charge in [-0.2, -0.15) is 0 Å². The van der Waals surface area contributed by atoms with Gasteiger partial charge in [-0.15, -0.1) is 11.3 Å². The number of carbonyl (C=O) groups excluding carboxylic acids is 1. The van der Waals surface area contributed by atoms with Gasteiger partial charge in [-0.3, -0.25) is 9.20 Å². The predicted octanol–water partition coefficient (Wildman–Crippen LogP) is 2.25. The molecule has 5 nitrogen and oxygen atoms in total. The molecule has 0 unspecified atom stereocenters. The van der Waals surface area contributed by atoms with E-state index in [1.807, 2.05) is 30.6 Å². The summed E-state index contributed by atoms with van der Waals surface area (Å²) in [5.74, 6) is -0.125. The highest BCUT2D eigenvalue weighted by atomic mass is 32.1. The van der Waals surface area contributed by atoms with Crippen LogP contribution in [-0.4, -0.2) is 34.5 Å². The molecule has 0 radical (unpaired) electrons. The molecule has 104 valence electrons. The van der Waals surface area contributed by atoms with Crippen LogP contribution < -0.4 is 5.32 Å². The van der Waals surface area contributed by atoms with E-state index in [1.165, 1.54) is 11.3 Å². The van der Waals surface area contributed by atoms with Crippen molar-refractivity contribution in [3.05, 3.63) is 23.0 Å². The largest absolute Gasteiger partial charge is 0.379 e. The molecule has 0 bridgehead atoms. The van der Waals surface area contributed by atoms with Gasteiger partial charge < -0.3 is 10.1 Å². The summed E-state index contributed by atoms with van der Waals surface area (Å²) in [5, 5.41) is 4.87. The van der Waals surface area contributed by atoms with Crippen molar-refractivity contribution < 1.29 is 9.53 Å². The topological polar surface area (TPSA) is 55.6 Å². The van der Waals surface area contributed by atoms with Crippen LogP contribution in [0.15, 0.2) is 11.6 Å². The van der Waals surface area contributed by atoms with Crippen LogP contribution in [0.2, 0.25) is 0 Å². The third kappa shape index (κ3) is 3.54. The molecule has 2 rings (SSSR count). The fourth-order valence-electron chi connectivity index (χ4n) is 1.69. The Kier molecular flexibility index (Phi) is 4.55. The number of fused-ring (bicyclic) bond motifs is 1. The van der Waals surface area contributed by atoms with Crippen LogP contribution in [0, 0.1) is 6.92 Å². The van der Waals surface area contributed by atoms with Crippen molar-refractivity contribution in [1.29, 1.82) is 0 Å². The van der Waals surface area contributed by atoms with Gasteiger partial charge in [0, 0.05) is 30.4 Å². The molecule has 0 aliphatic heterocycles. The predicted molar refractivity (Wildman–Crippen MR) is 75.8 cm³/mol. The molecule has 0 atom stereocenters. The Hall–Kier alpha value is -1.40. The summed E-state index contributed by atoms with van der Waals surface area (Å²) in [6.45, 7) is 7.26. The van der Waals surface area contributed by atoms with Crippen molar-refractivity contribution in [2.75, 3.05) is 13.2 Å². The highest BCUT2D eigenvalue weighted by Gasteiger charge is 2.11. The first kappa shape index (κ1) is 14.0. The van der Waals surface area contributed by atoms with E-state index in [0.29, 0.717) is 18.8 Å². The van der Waals surface area contributed by atoms with Crippen LogP contribution in [0.5, 0.6) is 0 Å². The molecule has 1 amide bonds. The number of aryl methyl sites for hydroxylation is 1. The molecule has 1 N–H and O–H groups in total. The number of aromatic nitrogens is 2. The van der Waals surface area contributed by atoms with E-state index in [-0.39, 0.29) is 12.0 Å². The second-order valence-electron chi connectivity index (χ2n) is 4.68. The zero-order valence-electron chi connectivity index (χ0n) is 11.5. The second kappa shape index (κ2) is 6.16. The molecular weight excluding hydrogens is 262 g/mol. The summed E-state index contributed by atoms with van der Waals surface area (Å²) in [7, 11) is 0. The lowest BCUT2D eigenvalue weighted by Gasteiger charge is -2.07. The molecule has 6 heteroatoms. The Morgan fingerprint density at radius 2 is 2.37 bits per heavy atom. The number of nitrogens with zero attached hydrogens (tertiary/aromatic N) is 2. The third-order valence-corrected chi connectivity index (χ3v) is 3.64. The summed E-state index contributed by atoms with van der Waals surface area (Å²) in [5.41, 5.74) is 1.57. The summed E-state index contributed by atoms with van der Waals surface area (Å²) in [4.78, 5) is 17.0. The summed E-state index contributed by atoms with van der Waals surface area (Å²) in [6, 6.07) is 0. The molecule has 2 aromatic rings. The van der Waals surface area contributed by atoms with E-state index in [2.05, 4.69) is 10.3 Å². The fourth-order valence-corrected chi connectivity index (χ4v) is 2.54. The molecule has 0 aliphatic rings. The summed E-state index contributed by atoms with van der Waals surface area (Å²) < 4.78 is 7.34.